The molecule has 2 aliphatic rings. The highest BCUT2D eigenvalue weighted by Gasteiger charge is 2.27. The van der Waals surface area contributed by atoms with Gasteiger partial charge in [-0.15, -0.1) is 0 Å². The van der Waals surface area contributed by atoms with E-state index in [2.05, 4.69) is 28.4 Å². The van der Waals surface area contributed by atoms with Gasteiger partial charge in [0.15, 0.2) is 0 Å². The predicted octanol–water partition coefficient (Wildman–Crippen LogP) is 2.73. The highest BCUT2D eigenvalue weighted by Crippen LogP contribution is 2.21. The Bertz CT molecular complexity index is 645. The number of rotatable bonds is 2. The second kappa shape index (κ2) is 6.84. The summed E-state index contributed by atoms with van der Waals surface area (Å²) in [6.45, 7) is 5.50. The number of nitriles is 1. The van der Waals surface area contributed by atoms with Crippen molar-refractivity contribution in [2.75, 3.05) is 31.5 Å². The Hall–Kier alpha value is -2.32. The maximum atomic E-state index is 12.5. The Morgan fingerprint density at radius 2 is 1.96 bits per heavy atom. The molecule has 5 nitrogen and oxygen atoms in total. The summed E-state index contributed by atoms with van der Waals surface area (Å²) in [7, 11) is 0. The molecule has 1 fully saturated rings. The molecule has 0 saturated carbocycles. The Kier molecular flexibility index (Phi) is 4.63. The van der Waals surface area contributed by atoms with E-state index in [0.717, 1.165) is 50.3 Å². The molecular formula is C18H22N4O. The van der Waals surface area contributed by atoms with E-state index in [1.807, 2.05) is 17.9 Å². The van der Waals surface area contributed by atoms with Gasteiger partial charge in [-0.2, -0.15) is 5.26 Å². The van der Waals surface area contributed by atoms with E-state index in [0.29, 0.717) is 11.6 Å². The van der Waals surface area contributed by atoms with Gasteiger partial charge in [0.25, 0.3) is 0 Å². The van der Waals surface area contributed by atoms with E-state index < -0.39 is 0 Å². The van der Waals surface area contributed by atoms with Gasteiger partial charge in [0, 0.05) is 37.9 Å². The summed E-state index contributed by atoms with van der Waals surface area (Å²) < 4.78 is 0. The van der Waals surface area contributed by atoms with E-state index in [1.165, 1.54) is 0 Å². The zero-order valence-electron chi connectivity index (χ0n) is 13.5. The summed E-state index contributed by atoms with van der Waals surface area (Å²) in [4.78, 5) is 16.8. The molecule has 0 bridgehead atoms. The highest BCUT2D eigenvalue weighted by molar-refractivity contribution is 5.90. The van der Waals surface area contributed by atoms with Gasteiger partial charge in [0.2, 0.25) is 0 Å². The van der Waals surface area contributed by atoms with E-state index >= 15 is 0 Å². The lowest BCUT2D eigenvalue weighted by Gasteiger charge is -2.36. The fourth-order valence-corrected chi connectivity index (χ4v) is 3.31. The Labute approximate surface area is 137 Å². The third-order valence-electron chi connectivity index (χ3n) is 4.81. The SMILES string of the molecule is Cc1c(C#N)cccc1NC(=O)N1CCC(N2CC=CC2)CC1. The number of hydrogen-bond donors (Lipinski definition) is 1. The van der Waals surface area contributed by atoms with Crippen LogP contribution in [0.4, 0.5) is 10.5 Å². The Balaban J connectivity index is 1.57. The molecule has 0 spiro atoms. The van der Waals surface area contributed by atoms with Gasteiger partial charge in [-0.3, -0.25) is 4.90 Å². The van der Waals surface area contributed by atoms with Crippen LogP contribution in [0.15, 0.2) is 30.4 Å². The Morgan fingerprint density at radius 1 is 1.26 bits per heavy atom. The van der Waals surface area contributed by atoms with Crippen LogP contribution in [0.5, 0.6) is 0 Å². The van der Waals surface area contributed by atoms with Crippen LogP contribution in [-0.2, 0) is 0 Å². The number of benzene rings is 1. The van der Waals surface area contributed by atoms with Crippen molar-refractivity contribution in [1.82, 2.24) is 9.80 Å². The molecule has 1 aromatic carbocycles. The molecule has 0 unspecified atom stereocenters. The zero-order chi connectivity index (χ0) is 16.2. The topological polar surface area (TPSA) is 59.4 Å². The van der Waals surface area contributed by atoms with Gasteiger partial charge in [-0.1, -0.05) is 18.2 Å². The van der Waals surface area contributed by atoms with Gasteiger partial charge in [0.1, 0.15) is 0 Å². The lowest BCUT2D eigenvalue weighted by atomic mass is 10.0. The fourth-order valence-electron chi connectivity index (χ4n) is 3.31. The van der Waals surface area contributed by atoms with Crippen LogP contribution < -0.4 is 5.32 Å². The first-order valence-corrected chi connectivity index (χ1v) is 8.13. The monoisotopic (exact) mass is 310 g/mol. The van der Waals surface area contributed by atoms with Crippen LogP contribution in [0.1, 0.15) is 24.0 Å². The minimum absolute atomic E-state index is 0.0683. The molecule has 2 heterocycles. The van der Waals surface area contributed by atoms with Gasteiger partial charge in [-0.25, -0.2) is 4.79 Å². The number of carbonyl (C=O) groups excluding carboxylic acids is 1. The third kappa shape index (κ3) is 3.38. The van der Waals surface area contributed by atoms with Crippen LogP contribution in [0.2, 0.25) is 0 Å². The van der Waals surface area contributed by atoms with Crippen LogP contribution in [0, 0.1) is 18.3 Å². The third-order valence-corrected chi connectivity index (χ3v) is 4.81. The van der Waals surface area contributed by atoms with Crippen molar-refractivity contribution in [3.05, 3.63) is 41.5 Å². The maximum absolute atomic E-state index is 12.5. The van der Waals surface area contributed by atoms with E-state index in [9.17, 15) is 4.79 Å². The van der Waals surface area contributed by atoms with E-state index in [-0.39, 0.29) is 6.03 Å². The number of nitrogens with zero attached hydrogens (tertiary/aromatic N) is 3. The number of likely N-dealkylation sites (tertiary alicyclic amines) is 1. The van der Waals surface area contributed by atoms with Crippen molar-refractivity contribution >= 4 is 11.7 Å². The molecule has 0 radical (unpaired) electrons. The van der Waals surface area contributed by atoms with Crippen molar-refractivity contribution in [3.63, 3.8) is 0 Å². The lowest BCUT2D eigenvalue weighted by molar-refractivity contribution is 0.144. The first-order valence-electron chi connectivity index (χ1n) is 8.13. The van der Waals surface area contributed by atoms with Crippen molar-refractivity contribution in [2.24, 2.45) is 0 Å². The van der Waals surface area contributed by atoms with Crippen LogP contribution in [0.3, 0.4) is 0 Å². The van der Waals surface area contributed by atoms with E-state index in [4.69, 9.17) is 5.26 Å². The Morgan fingerprint density at radius 3 is 2.61 bits per heavy atom. The first-order chi connectivity index (χ1) is 11.2. The van der Waals surface area contributed by atoms with Gasteiger partial charge >= 0.3 is 6.03 Å². The van der Waals surface area contributed by atoms with Crippen LogP contribution >= 0.6 is 0 Å². The zero-order valence-corrected chi connectivity index (χ0v) is 13.5. The molecule has 0 aromatic heterocycles. The smallest absolute Gasteiger partial charge is 0.321 e. The summed E-state index contributed by atoms with van der Waals surface area (Å²) in [5, 5.41) is 12.0. The van der Waals surface area contributed by atoms with E-state index in [1.54, 1.807) is 12.1 Å². The van der Waals surface area contributed by atoms with Gasteiger partial charge in [0.05, 0.1) is 11.6 Å². The molecule has 120 valence electrons. The van der Waals surface area contributed by atoms with Crippen molar-refractivity contribution < 1.29 is 4.79 Å². The number of nitrogens with one attached hydrogen (secondary N) is 1. The van der Waals surface area contributed by atoms with Crippen LogP contribution in [-0.4, -0.2) is 48.1 Å². The number of amides is 2. The summed E-state index contributed by atoms with van der Waals surface area (Å²) in [5.41, 5.74) is 2.14. The van der Waals surface area contributed by atoms with Gasteiger partial charge in [-0.05, 0) is 37.5 Å². The van der Waals surface area contributed by atoms with Crippen LogP contribution in [0.25, 0.3) is 0 Å². The highest BCUT2D eigenvalue weighted by atomic mass is 16.2. The number of anilines is 1. The standard InChI is InChI=1S/C18H22N4O/c1-14-15(13-19)5-4-6-17(14)20-18(23)22-11-7-16(8-12-22)21-9-2-3-10-21/h2-6,16H,7-12H2,1H3,(H,20,23). The minimum atomic E-state index is -0.0683. The van der Waals surface area contributed by atoms with Crippen molar-refractivity contribution in [2.45, 2.75) is 25.8 Å². The molecule has 2 aliphatic heterocycles. The van der Waals surface area contributed by atoms with Crippen molar-refractivity contribution in [3.8, 4) is 6.07 Å². The average Bonchev–Trinajstić information content (AvgIpc) is 3.11. The molecular weight excluding hydrogens is 288 g/mol. The number of urea groups is 1. The number of piperidine rings is 1. The normalized spacial score (nSPS) is 18.9. The van der Waals surface area contributed by atoms with Crippen molar-refractivity contribution in [1.29, 1.82) is 5.26 Å². The number of carbonyl (C=O) groups is 1. The largest absolute Gasteiger partial charge is 0.324 e. The molecule has 2 amide bonds. The molecule has 1 aromatic rings. The summed E-state index contributed by atoms with van der Waals surface area (Å²) in [5.74, 6) is 0. The molecule has 23 heavy (non-hydrogen) atoms. The minimum Gasteiger partial charge on any atom is -0.324 e. The second-order valence-electron chi connectivity index (χ2n) is 6.16. The second-order valence-corrected chi connectivity index (χ2v) is 6.16. The quantitative estimate of drug-likeness (QED) is 0.855. The average molecular weight is 310 g/mol. The maximum Gasteiger partial charge on any atom is 0.321 e. The van der Waals surface area contributed by atoms with Gasteiger partial charge < -0.3 is 10.2 Å². The summed E-state index contributed by atoms with van der Waals surface area (Å²) in [6.07, 6.45) is 6.46. The summed E-state index contributed by atoms with van der Waals surface area (Å²) in [6, 6.07) is 8.07. The lowest BCUT2D eigenvalue weighted by Crippen LogP contribution is -2.47. The molecule has 0 aliphatic carbocycles. The molecule has 1 saturated heterocycles. The summed E-state index contributed by atoms with van der Waals surface area (Å²) >= 11 is 0. The fraction of sp³-hybridized carbons (Fsp3) is 0.444. The predicted molar refractivity (Wildman–Crippen MR) is 90.2 cm³/mol. The number of hydrogen-bond acceptors (Lipinski definition) is 3. The molecule has 1 N–H and O–H groups in total. The molecule has 3 rings (SSSR count). The first kappa shape index (κ1) is 15.6. The molecule has 5 heteroatoms. The molecule has 0 atom stereocenters.